The Morgan fingerprint density at radius 3 is 1.43 bits per heavy atom. The van der Waals surface area contributed by atoms with E-state index in [1.54, 1.807) is 7.05 Å². The minimum atomic E-state index is -0.883. The number of ketones is 1. The Hall–Kier alpha value is -2.48. The van der Waals surface area contributed by atoms with Crippen molar-refractivity contribution in [3.63, 3.8) is 0 Å². The van der Waals surface area contributed by atoms with Gasteiger partial charge in [0, 0.05) is 13.1 Å². The van der Waals surface area contributed by atoms with Gasteiger partial charge in [-0.2, -0.15) is 0 Å². The molecular formula is C69H112N4O4. The average Bonchev–Trinajstić information content (AvgIpc) is 4.06. The molecule has 432 valence electrons. The molecule has 0 saturated heterocycles. The van der Waals surface area contributed by atoms with Gasteiger partial charge in [-0.1, -0.05) is 107 Å². The van der Waals surface area contributed by atoms with Crippen LogP contribution in [-0.2, 0) is 19.2 Å². The Balaban J connectivity index is 0.811. The van der Waals surface area contributed by atoms with Crippen LogP contribution in [0.1, 0.15) is 232 Å². The fraction of sp³-hybridized carbons (Fsp3) is 0.884. The second kappa shape index (κ2) is 19.3. The molecule has 21 atom stereocenters. The summed E-state index contributed by atoms with van der Waals surface area (Å²) in [6.45, 7) is 44.0. The summed E-state index contributed by atoms with van der Waals surface area (Å²) in [6.07, 6.45) is 24.2. The van der Waals surface area contributed by atoms with Crippen LogP contribution in [0, 0.1) is 119 Å². The van der Waals surface area contributed by atoms with Crippen LogP contribution in [0.2, 0.25) is 0 Å². The number of likely N-dealkylation sites (N-methyl/N-ethyl adjacent to an activating group) is 1. The Kier molecular flexibility index (Phi) is 14.5. The van der Waals surface area contributed by atoms with Gasteiger partial charge in [0.2, 0.25) is 17.7 Å². The zero-order chi connectivity index (χ0) is 56.1. The van der Waals surface area contributed by atoms with Crippen molar-refractivity contribution in [1.29, 1.82) is 0 Å². The van der Waals surface area contributed by atoms with Crippen molar-refractivity contribution in [2.75, 3.05) is 20.1 Å². The Bertz CT molecular complexity index is 2390. The van der Waals surface area contributed by atoms with E-state index in [2.05, 4.69) is 124 Å². The predicted molar refractivity (Wildman–Crippen MR) is 313 cm³/mol. The SMILES string of the molecule is C=C(C)C1CCC2(C(=O)NCC(NC)C(=O)NC(CNC(=O)C34CCC(C(=C)C)C3C3CCC5C6(C)CCC(C)C(C)(C)C6CCC5(C)C3(C)CC4)C(C)=O)CCC3(C)C(CCC4C5(C)CCCC(C)(C)C5CCC43C)C12. The number of carbonyl (C=O) groups is 4. The van der Waals surface area contributed by atoms with Crippen LogP contribution in [0.3, 0.4) is 0 Å². The second-order valence-corrected chi connectivity index (χ2v) is 32.7. The standard InChI is InChI=1S/C69H112N4O4/c1-41(2)45-24-33-68(37-36-65(14)48(55(45)68)20-22-54-63(12)30-23-43(5)61(9,10)52(63)27-32-67(54,65)16)58(76)71-39-49(44(6)74)73-57(75)50(70-17)40-72-59(77)69-34-25-46(42(3)4)56(69)47-19-21-53-62(11)29-18-28-60(7,8)51(62)26-31-66(53,15)64(47,13)35-38-69/h43,45-56,70H,1,3,18-40H2,2,4-17H3,(H,71,76)(H,72,77)(H,73,75). The molecule has 10 aliphatic carbocycles. The maximum Gasteiger partial charge on any atom is 0.239 e. The number of amides is 3. The van der Waals surface area contributed by atoms with Gasteiger partial charge in [-0.3, -0.25) is 19.2 Å². The van der Waals surface area contributed by atoms with Gasteiger partial charge in [-0.15, -0.1) is 0 Å². The zero-order valence-corrected chi connectivity index (χ0v) is 51.8. The molecule has 0 aromatic carbocycles. The maximum atomic E-state index is 15.2. The second-order valence-electron chi connectivity index (χ2n) is 32.7. The molecule has 10 aliphatic rings. The lowest BCUT2D eigenvalue weighted by atomic mass is 9.32. The summed E-state index contributed by atoms with van der Waals surface area (Å²) in [4.78, 5) is 58.2. The lowest BCUT2D eigenvalue weighted by Gasteiger charge is -2.73. The molecule has 0 aliphatic heterocycles. The smallest absolute Gasteiger partial charge is 0.239 e. The molecule has 10 fully saturated rings. The van der Waals surface area contributed by atoms with Crippen LogP contribution in [0.4, 0.5) is 0 Å². The van der Waals surface area contributed by atoms with Crippen molar-refractivity contribution in [3.05, 3.63) is 24.3 Å². The molecule has 0 radical (unpaired) electrons. The third-order valence-electron chi connectivity index (χ3n) is 29.7. The lowest BCUT2D eigenvalue weighted by molar-refractivity contribution is -0.240. The number of allylic oxidation sites excluding steroid dienone is 2. The van der Waals surface area contributed by atoms with Gasteiger partial charge in [-0.05, 0) is 265 Å². The number of nitrogens with one attached hydrogen (secondary N) is 4. The molecule has 0 bridgehead atoms. The van der Waals surface area contributed by atoms with Crippen LogP contribution in [-0.4, -0.2) is 55.7 Å². The first-order valence-corrected chi connectivity index (χ1v) is 32.3. The number of hydrogen-bond acceptors (Lipinski definition) is 5. The number of hydrogen-bond donors (Lipinski definition) is 4. The number of fused-ring (bicyclic) bond motifs is 14. The van der Waals surface area contributed by atoms with E-state index in [4.69, 9.17) is 0 Å². The van der Waals surface area contributed by atoms with Crippen LogP contribution in [0.25, 0.3) is 0 Å². The van der Waals surface area contributed by atoms with Gasteiger partial charge < -0.3 is 21.3 Å². The van der Waals surface area contributed by atoms with E-state index < -0.39 is 22.9 Å². The highest BCUT2D eigenvalue weighted by atomic mass is 16.2. The highest BCUT2D eigenvalue weighted by Gasteiger charge is 2.74. The predicted octanol–water partition coefficient (Wildman–Crippen LogP) is 14.2. The summed E-state index contributed by atoms with van der Waals surface area (Å²) in [6, 6.07) is -1.63. The molecule has 10 rings (SSSR count). The third-order valence-corrected chi connectivity index (χ3v) is 29.7. The van der Waals surface area contributed by atoms with E-state index in [1.807, 2.05) is 0 Å². The first-order valence-electron chi connectivity index (χ1n) is 32.3. The van der Waals surface area contributed by atoms with Crippen LogP contribution >= 0.6 is 0 Å². The Morgan fingerprint density at radius 2 is 0.961 bits per heavy atom. The van der Waals surface area contributed by atoms with Crippen LogP contribution in [0.15, 0.2) is 24.3 Å². The molecule has 8 heteroatoms. The van der Waals surface area contributed by atoms with Crippen molar-refractivity contribution in [3.8, 4) is 0 Å². The maximum absolute atomic E-state index is 15.2. The van der Waals surface area contributed by atoms with Gasteiger partial charge in [0.1, 0.15) is 12.1 Å². The van der Waals surface area contributed by atoms with E-state index in [-0.39, 0.29) is 70.1 Å². The number of rotatable bonds is 12. The Morgan fingerprint density at radius 1 is 0.494 bits per heavy atom. The van der Waals surface area contributed by atoms with Gasteiger partial charge >= 0.3 is 0 Å². The van der Waals surface area contributed by atoms with Gasteiger partial charge in [0.25, 0.3) is 0 Å². The molecule has 21 unspecified atom stereocenters. The van der Waals surface area contributed by atoms with Crippen LogP contribution in [0.5, 0.6) is 0 Å². The summed E-state index contributed by atoms with van der Waals surface area (Å²) >= 11 is 0. The zero-order valence-electron chi connectivity index (χ0n) is 51.8. The number of Topliss-reactive ketones (excluding diaryl/α,β-unsaturated/α-hetero) is 1. The molecule has 8 nitrogen and oxygen atoms in total. The van der Waals surface area contributed by atoms with Crippen molar-refractivity contribution in [2.45, 2.75) is 244 Å². The van der Waals surface area contributed by atoms with E-state index in [9.17, 15) is 9.59 Å². The molecule has 3 amide bonds. The monoisotopic (exact) mass is 1060 g/mol. The lowest BCUT2D eigenvalue weighted by Crippen LogP contribution is -2.67. The quantitative estimate of drug-likeness (QED) is 0.145. The summed E-state index contributed by atoms with van der Waals surface area (Å²) < 4.78 is 0. The van der Waals surface area contributed by atoms with Gasteiger partial charge in [0.05, 0.1) is 10.8 Å². The number of carbonyl (C=O) groups excluding carboxylic acids is 4. The topological polar surface area (TPSA) is 116 Å². The van der Waals surface area contributed by atoms with Crippen molar-refractivity contribution >= 4 is 23.5 Å². The molecular weight excluding hydrogens is 949 g/mol. The molecule has 0 heterocycles. The van der Waals surface area contributed by atoms with E-state index in [0.29, 0.717) is 57.2 Å². The highest BCUT2D eigenvalue weighted by molar-refractivity contribution is 5.92. The highest BCUT2D eigenvalue weighted by Crippen LogP contribution is 2.80. The minimum absolute atomic E-state index is 0.0508. The fourth-order valence-corrected chi connectivity index (χ4v) is 25.0. The molecule has 0 aromatic rings. The van der Waals surface area contributed by atoms with E-state index in [1.165, 1.54) is 102 Å². The summed E-state index contributed by atoms with van der Waals surface area (Å²) in [5, 5.41) is 13.0. The van der Waals surface area contributed by atoms with Crippen LogP contribution < -0.4 is 21.3 Å². The van der Waals surface area contributed by atoms with E-state index in [0.717, 1.165) is 69.1 Å². The molecule has 0 aromatic heterocycles. The largest absolute Gasteiger partial charge is 0.354 e. The molecule has 77 heavy (non-hydrogen) atoms. The first kappa shape index (κ1) is 57.7. The summed E-state index contributed by atoms with van der Waals surface area (Å²) in [5.74, 6) is 5.20. The molecule has 10 saturated carbocycles. The van der Waals surface area contributed by atoms with E-state index >= 15 is 9.59 Å². The van der Waals surface area contributed by atoms with Gasteiger partial charge in [0.15, 0.2) is 5.78 Å². The van der Waals surface area contributed by atoms with Crippen molar-refractivity contribution in [2.24, 2.45) is 119 Å². The minimum Gasteiger partial charge on any atom is -0.354 e. The molecule has 4 N–H and O–H groups in total. The summed E-state index contributed by atoms with van der Waals surface area (Å²) in [5.41, 5.74) is 3.54. The molecule has 0 spiro atoms. The van der Waals surface area contributed by atoms with Crippen molar-refractivity contribution in [1.82, 2.24) is 21.3 Å². The fourth-order valence-electron chi connectivity index (χ4n) is 25.0. The summed E-state index contributed by atoms with van der Waals surface area (Å²) in [7, 11) is 1.76. The average molecular weight is 1060 g/mol. The van der Waals surface area contributed by atoms with Crippen molar-refractivity contribution < 1.29 is 19.2 Å². The third kappa shape index (κ3) is 8.10. The van der Waals surface area contributed by atoms with Gasteiger partial charge in [-0.25, -0.2) is 0 Å². The normalized spacial score (nSPS) is 48.7. The first-order chi connectivity index (χ1) is 35.9. The Labute approximate surface area is 469 Å².